The van der Waals surface area contributed by atoms with Crippen molar-refractivity contribution in [3.05, 3.63) is 96.3 Å². The van der Waals surface area contributed by atoms with Gasteiger partial charge < -0.3 is 19.9 Å². The Balaban J connectivity index is 0.00000216. The Kier molecular flexibility index (Phi) is 5.37. The summed E-state index contributed by atoms with van der Waals surface area (Å²) in [5.74, 6) is 1.21. The number of pyridine rings is 2. The minimum Gasteiger partial charge on any atom is -0.434 e. The molecule has 0 atom stereocenters. The van der Waals surface area contributed by atoms with Crippen LogP contribution >= 0.6 is 0 Å². The molecule has 0 saturated carbocycles. The Morgan fingerprint density at radius 3 is 2.16 bits per heavy atom. The summed E-state index contributed by atoms with van der Waals surface area (Å²) in [5, 5.41) is 0. The molecule has 0 N–H and O–H groups in total. The molecule has 0 aliphatic carbocycles. The van der Waals surface area contributed by atoms with E-state index in [1.54, 1.807) is 0 Å². The van der Waals surface area contributed by atoms with Crippen LogP contribution in [0.15, 0.2) is 85.1 Å². The van der Waals surface area contributed by atoms with Crippen molar-refractivity contribution < 1.29 is 21.1 Å². The van der Waals surface area contributed by atoms with Crippen LogP contribution in [-0.4, -0.2) is 19.9 Å². The first kappa shape index (κ1) is 20.3. The molecule has 0 amide bonds. The second-order valence-corrected chi connectivity index (χ2v) is 7.27. The van der Waals surface area contributed by atoms with E-state index in [-0.39, 0.29) is 21.1 Å². The van der Waals surface area contributed by atoms with Gasteiger partial charge in [0.15, 0.2) is 0 Å². The van der Waals surface area contributed by atoms with Gasteiger partial charge in [-0.15, -0.1) is 0 Å². The van der Waals surface area contributed by atoms with Crippen molar-refractivity contribution in [1.82, 2.24) is 29.9 Å². The number of hydrogen-bond acceptors (Lipinski definition) is 4. The topological polar surface area (TPSA) is 79.8 Å². The summed E-state index contributed by atoms with van der Waals surface area (Å²) in [4.78, 5) is 27.9. The SMILES string of the molecule is [Pt+2].c1ccc(Cc2cccc3nc(-c4cccc(-c5nc6ccccc6[n-]5)n4)[n-]c23)nc1. The van der Waals surface area contributed by atoms with Gasteiger partial charge in [-0.05, 0) is 63.5 Å². The van der Waals surface area contributed by atoms with Gasteiger partial charge in [0.05, 0.1) is 11.4 Å². The maximum atomic E-state index is 4.81. The fourth-order valence-corrected chi connectivity index (χ4v) is 3.70. The molecule has 0 radical (unpaired) electrons. The third kappa shape index (κ3) is 3.74. The number of hydrogen-bond donors (Lipinski definition) is 0. The Labute approximate surface area is 198 Å². The molecule has 0 spiro atoms. The minimum absolute atomic E-state index is 0. The average molecular weight is 596 g/mol. The van der Waals surface area contributed by atoms with Gasteiger partial charge in [0.1, 0.15) is 0 Å². The molecule has 2 aromatic carbocycles. The predicted molar refractivity (Wildman–Crippen MR) is 119 cm³/mol. The Morgan fingerprint density at radius 1 is 0.625 bits per heavy atom. The Bertz CT molecular complexity index is 1490. The van der Waals surface area contributed by atoms with Crippen molar-refractivity contribution in [2.24, 2.45) is 0 Å². The largest absolute Gasteiger partial charge is 2.00 e. The predicted octanol–water partition coefficient (Wildman–Crippen LogP) is 4.41. The van der Waals surface area contributed by atoms with Crippen LogP contribution in [0.4, 0.5) is 0 Å². The van der Waals surface area contributed by atoms with Crippen LogP contribution in [0.25, 0.3) is 45.1 Å². The first-order valence-corrected chi connectivity index (χ1v) is 10.0. The zero-order valence-electron chi connectivity index (χ0n) is 16.8. The van der Waals surface area contributed by atoms with Crippen molar-refractivity contribution >= 4 is 22.1 Å². The van der Waals surface area contributed by atoms with Crippen LogP contribution in [-0.2, 0) is 27.5 Å². The Hall–Kier alpha value is -3.63. The number of aromatic nitrogens is 6. The molecular formula is C25H16N6Pt. The van der Waals surface area contributed by atoms with Gasteiger partial charge in [0, 0.05) is 18.3 Å². The molecule has 6 aromatic rings. The zero-order chi connectivity index (χ0) is 20.6. The third-order valence-corrected chi connectivity index (χ3v) is 5.18. The molecule has 6 rings (SSSR count). The van der Waals surface area contributed by atoms with Gasteiger partial charge in [-0.1, -0.05) is 54.6 Å². The van der Waals surface area contributed by atoms with Crippen LogP contribution in [0.1, 0.15) is 11.3 Å². The van der Waals surface area contributed by atoms with Gasteiger partial charge in [0.2, 0.25) is 0 Å². The maximum absolute atomic E-state index is 4.81. The Morgan fingerprint density at radius 2 is 1.34 bits per heavy atom. The average Bonchev–Trinajstić information content (AvgIpc) is 3.45. The molecule has 0 saturated heterocycles. The van der Waals surface area contributed by atoms with Gasteiger partial charge in [-0.3, -0.25) is 4.98 Å². The summed E-state index contributed by atoms with van der Waals surface area (Å²) in [6.45, 7) is 0. The van der Waals surface area contributed by atoms with Crippen molar-refractivity contribution in [3.63, 3.8) is 0 Å². The van der Waals surface area contributed by atoms with Crippen LogP contribution < -0.4 is 9.97 Å². The normalized spacial score (nSPS) is 11.0. The summed E-state index contributed by atoms with van der Waals surface area (Å²) >= 11 is 0. The van der Waals surface area contributed by atoms with E-state index in [0.29, 0.717) is 29.5 Å². The molecule has 4 heterocycles. The van der Waals surface area contributed by atoms with E-state index in [2.05, 4.69) is 21.0 Å². The van der Waals surface area contributed by atoms with E-state index in [1.165, 1.54) is 0 Å². The van der Waals surface area contributed by atoms with Crippen LogP contribution in [0.2, 0.25) is 0 Å². The zero-order valence-corrected chi connectivity index (χ0v) is 19.1. The van der Waals surface area contributed by atoms with Crippen molar-refractivity contribution in [3.8, 4) is 23.0 Å². The van der Waals surface area contributed by atoms with Gasteiger partial charge in [-0.2, -0.15) is 0 Å². The van der Waals surface area contributed by atoms with Gasteiger partial charge in [0.25, 0.3) is 0 Å². The smallest absolute Gasteiger partial charge is 0.434 e. The molecule has 0 bridgehead atoms. The molecule has 0 aliphatic rings. The van der Waals surface area contributed by atoms with Crippen LogP contribution in [0.5, 0.6) is 0 Å². The second kappa shape index (κ2) is 8.48. The number of nitrogens with zero attached hydrogens (tertiary/aromatic N) is 6. The first-order valence-electron chi connectivity index (χ1n) is 10.0. The van der Waals surface area contributed by atoms with E-state index in [1.807, 2.05) is 79.0 Å². The van der Waals surface area contributed by atoms with Crippen molar-refractivity contribution in [2.75, 3.05) is 0 Å². The summed E-state index contributed by atoms with van der Waals surface area (Å²) < 4.78 is 0. The quantitative estimate of drug-likeness (QED) is 0.301. The van der Waals surface area contributed by atoms with Crippen LogP contribution in [0, 0.1) is 0 Å². The first-order chi connectivity index (χ1) is 15.3. The third-order valence-electron chi connectivity index (χ3n) is 5.18. The summed E-state index contributed by atoms with van der Waals surface area (Å²) in [6.07, 6.45) is 2.51. The van der Waals surface area contributed by atoms with E-state index in [4.69, 9.17) is 15.0 Å². The number of fused-ring (bicyclic) bond motifs is 2. The molecule has 0 fully saturated rings. The summed E-state index contributed by atoms with van der Waals surface area (Å²) in [5.41, 5.74) is 6.95. The van der Waals surface area contributed by atoms with Crippen LogP contribution in [0.3, 0.4) is 0 Å². The molecule has 6 nitrogen and oxygen atoms in total. The van der Waals surface area contributed by atoms with E-state index in [9.17, 15) is 0 Å². The summed E-state index contributed by atoms with van der Waals surface area (Å²) in [7, 11) is 0. The molecule has 32 heavy (non-hydrogen) atoms. The molecule has 156 valence electrons. The minimum atomic E-state index is 0. The number of para-hydroxylation sites is 3. The van der Waals surface area contributed by atoms with E-state index < -0.39 is 0 Å². The van der Waals surface area contributed by atoms with E-state index >= 15 is 0 Å². The number of rotatable bonds is 4. The monoisotopic (exact) mass is 595 g/mol. The van der Waals surface area contributed by atoms with Crippen molar-refractivity contribution in [1.29, 1.82) is 0 Å². The van der Waals surface area contributed by atoms with Gasteiger partial charge in [-0.25, -0.2) is 4.98 Å². The second-order valence-electron chi connectivity index (χ2n) is 7.27. The number of benzene rings is 2. The number of imidazole rings is 2. The van der Waals surface area contributed by atoms with E-state index in [0.717, 1.165) is 33.3 Å². The molecule has 0 unspecified atom stereocenters. The summed E-state index contributed by atoms with van der Waals surface area (Å²) in [6, 6.07) is 25.6. The molecular weight excluding hydrogens is 579 g/mol. The molecule has 7 heteroatoms. The maximum Gasteiger partial charge on any atom is 2.00 e. The van der Waals surface area contributed by atoms with Gasteiger partial charge >= 0.3 is 21.1 Å². The van der Waals surface area contributed by atoms with Crippen molar-refractivity contribution in [2.45, 2.75) is 6.42 Å². The fraction of sp³-hybridized carbons (Fsp3) is 0.0400. The molecule has 0 aliphatic heterocycles. The fourth-order valence-electron chi connectivity index (χ4n) is 3.70. The molecule has 4 aromatic heterocycles. The standard InChI is InChI=1S/C25H16N6.Pt/c1-2-10-19-18(9-1)28-24(29-19)21-12-6-13-22(27-21)25-30-20-11-5-7-16(23(20)31-25)15-17-8-3-4-14-26-17;/h1-14H,15H2;/q-2;+2.